The van der Waals surface area contributed by atoms with E-state index in [1.165, 1.54) is 6.20 Å². The van der Waals surface area contributed by atoms with Gasteiger partial charge in [-0.1, -0.05) is 23.2 Å². The minimum atomic E-state index is -2.81. The van der Waals surface area contributed by atoms with Crippen LogP contribution in [0.1, 0.15) is 30.4 Å². The number of aromatic nitrogens is 4. The second kappa shape index (κ2) is 8.97. The van der Waals surface area contributed by atoms with Gasteiger partial charge < -0.3 is 10.1 Å². The summed E-state index contributed by atoms with van der Waals surface area (Å²) >= 11 is 12.8. The molecule has 3 aliphatic rings. The smallest absolute Gasteiger partial charge is 0.272 e. The van der Waals surface area contributed by atoms with Crippen molar-refractivity contribution in [1.29, 1.82) is 0 Å². The third-order valence-corrected chi connectivity index (χ3v) is 7.90. The molecule has 1 aliphatic carbocycles. The molecule has 192 valence electrons. The van der Waals surface area contributed by atoms with Crippen molar-refractivity contribution in [2.45, 2.75) is 49.1 Å². The Bertz CT molecular complexity index is 1310. The van der Waals surface area contributed by atoms with E-state index in [0.29, 0.717) is 40.1 Å². The zero-order chi connectivity index (χ0) is 25.2. The molecule has 2 aromatic heterocycles. The fourth-order valence-electron chi connectivity index (χ4n) is 5.08. The predicted molar refractivity (Wildman–Crippen MR) is 127 cm³/mol. The number of hydrogen-bond acceptors (Lipinski definition) is 6. The topological polar surface area (TPSA) is 68.1 Å². The fourth-order valence-corrected chi connectivity index (χ4v) is 5.65. The Labute approximate surface area is 213 Å². The highest BCUT2D eigenvalue weighted by Crippen LogP contribution is 2.53. The van der Waals surface area contributed by atoms with Crippen molar-refractivity contribution in [3.05, 3.63) is 40.3 Å². The predicted octanol–water partition coefficient (Wildman–Crippen LogP) is 5.32. The molecule has 2 saturated heterocycles. The van der Waals surface area contributed by atoms with Crippen LogP contribution in [0.15, 0.2) is 24.5 Å². The molecule has 4 unspecified atom stereocenters. The second-order valence-corrected chi connectivity index (χ2v) is 10.3. The molecule has 1 aromatic carbocycles. The number of nitrogens with zero attached hydrogens (tertiary/aromatic N) is 5. The molecule has 1 saturated carbocycles. The minimum absolute atomic E-state index is 0.0351. The van der Waals surface area contributed by atoms with E-state index in [2.05, 4.69) is 20.4 Å². The summed E-state index contributed by atoms with van der Waals surface area (Å²) in [5.74, 6) is -3.09. The van der Waals surface area contributed by atoms with E-state index in [0.717, 1.165) is 4.68 Å². The molecule has 1 N–H and O–H groups in total. The number of anilines is 2. The molecule has 36 heavy (non-hydrogen) atoms. The van der Waals surface area contributed by atoms with Crippen LogP contribution < -0.4 is 5.32 Å². The van der Waals surface area contributed by atoms with E-state index in [9.17, 15) is 13.2 Å². The van der Waals surface area contributed by atoms with Crippen molar-refractivity contribution in [1.82, 2.24) is 24.6 Å². The normalized spacial score (nSPS) is 30.1. The molecule has 4 heterocycles. The molecule has 0 spiro atoms. The molecule has 0 radical (unpaired) electrons. The van der Waals surface area contributed by atoms with Gasteiger partial charge in [-0.05, 0) is 30.7 Å². The summed E-state index contributed by atoms with van der Waals surface area (Å²) in [5.41, 5.74) is 1.46. The van der Waals surface area contributed by atoms with Gasteiger partial charge in [-0.3, -0.25) is 4.90 Å². The lowest BCUT2D eigenvalue weighted by Crippen LogP contribution is -2.49. The third kappa shape index (κ3) is 4.29. The molecule has 3 fully saturated rings. The lowest BCUT2D eigenvalue weighted by molar-refractivity contribution is 0.0582. The van der Waals surface area contributed by atoms with Crippen LogP contribution in [0, 0.1) is 0 Å². The first kappa shape index (κ1) is 24.1. The highest BCUT2D eigenvalue weighted by atomic mass is 35.5. The van der Waals surface area contributed by atoms with Gasteiger partial charge in [0.05, 0.1) is 36.7 Å². The highest BCUT2D eigenvalue weighted by Gasteiger charge is 2.59. The van der Waals surface area contributed by atoms with Gasteiger partial charge in [0.25, 0.3) is 5.92 Å². The molecule has 13 heteroatoms. The summed E-state index contributed by atoms with van der Waals surface area (Å²) in [6.07, 6.45) is 0.738. The first-order valence-electron chi connectivity index (χ1n) is 11.7. The number of rotatable bonds is 5. The number of halogens is 6. The Balaban J connectivity index is 1.22. The van der Waals surface area contributed by atoms with Gasteiger partial charge in [0.1, 0.15) is 18.4 Å². The highest BCUT2D eigenvalue weighted by molar-refractivity contribution is 6.32. The number of hydrogen-bond donors (Lipinski definition) is 1. The number of piperidine rings is 1. The van der Waals surface area contributed by atoms with Gasteiger partial charge in [0.15, 0.2) is 5.15 Å². The molecular weight excluding hydrogens is 523 g/mol. The first-order chi connectivity index (χ1) is 17.2. The maximum absolute atomic E-state index is 15.3. The van der Waals surface area contributed by atoms with Crippen LogP contribution in [0.3, 0.4) is 0 Å². The van der Waals surface area contributed by atoms with E-state index in [4.69, 9.17) is 27.9 Å². The minimum Gasteiger partial charge on any atom is -0.377 e. The number of benzene rings is 1. The lowest BCUT2D eigenvalue weighted by Gasteiger charge is -2.38. The number of fused-ring (bicyclic) bond motifs is 1. The Morgan fingerprint density at radius 2 is 1.92 bits per heavy atom. The number of likely N-dealkylation sites (tertiary alicyclic amines) is 1. The Morgan fingerprint density at radius 3 is 2.61 bits per heavy atom. The Morgan fingerprint density at radius 1 is 1.11 bits per heavy atom. The molecule has 7 nitrogen and oxygen atoms in total. The van der Waals surface area contributed by atoms with Crippen molar-refractivity contribution in [2.75, 3.05) is 31.6 Å². The summed E-state index contributed by atoms with van der Waals surface area (Å²) in [6, 6.07) is 1.96. The van der Waals surface area contributed by atoms with Crippen LogP contribution in [0.25, 0.3) is 10.9 Å². The standard InChI is InChI=1S/C23H22Cl2F4N6O/c24-14-3-11-6-30-22(33-18-7-31-35(21(18)25)20-5-23(20,28)29)32-17(11)4-13(14)12-1-2-34(8-15(12)26)19-10-36-9-16(19)27/h3-4,6-7,12,15-16,19-20H,1-2,5,8-10H2,(H,30,32,33)/t12-,15?,16?,19?,20?/m0/s1. The second-order valence-electron chi connectivity index (χ2n) is 9.55. The van der Waals surface area contributed by atoms with Crippen molar-refractivity contribution >= 4 is 45.7 Å². The van der Waals surface area contributed by atoms with Crippen LogP contribution in [0.4, 0.5) is 29.2 Å². The first-order valence-corrected chi connectivity index (χ1v) is 12.4. The lowest BCUT2D eigenvalue weighted by atomic mass is 9.86. The molecular formula is C23H22Cl2F4N6O. The van der Waals surface area contributed by atoms with Gasteiger partial charge >= 0.3 is 0 Å². The summed E-state index contributed by atoms with van der Waals surface area (Å²) in [7, 11) is 0. The number of ether oxygens (including phenoxy) is 1. The summed E-state index contributed by atoms with van der Waals surface area (Å²) in [6.45, 7) is 0.959. The molecule has 2 aliphatic heterocycles. The van der Waals surface area contributed by atoms with Crippen LogP contribution in [-0.2, 0) is 4.74 Å². The SMILES string of the molecule is FC1COCC1N1CC[C@@H](c2cc3nc(Nc4cnn(C5CC5(F)F)c4Cl)ncc3cc2Cl)C(F)C1. The summed E-state index contributed by atoms with van der Waals surface area (Å²) in [5, 5.41) is 7.98. The molecule has 0 amide bonds. The number of alkyl halides is 4. The average molecular weight is 545 g/mol. The maximum atomic E-state index is 15.3. The van der Waals surface area contributed by atoms with E-state index in [1.54, 1.807) is 18.3 Å². The van der Waals surface area contributed by atoms with Gasteiger partial charge in [-0.25, -0.2) is 32.2 Å². The van der Waals surface area contributed by atoms with Gasteiger partial charge in [-0.15, -0.1) is 0 Å². The summed E-state index contributed by atoms with van der Waals surface area (Å²) < 4.78 is 62.5. The average Bonchev–Trinajstić information content (AvgIpc) is 3.12. The summed E-state index contributed by atoms with van der Waals surface area (Å²) in [4.78, 5) is 10.6. The van der Waals surface area contributed by atoms with Gasteiger partial charge in [0, 0.05) is 35.5 Å². The van der Waals surface area contributed by atoms with Crippen LogP contribution in [0.5, 0.6) is 0 Å². The third-order valence-electron chi connectivity index (χ3n) is 7.19. The van der Waals surface area contributed by atoms with Crippen molar-refractivity contribution in [3.8, 4) is 0 Å². The zero-order valence-corrected chi connectivity index (χ0v) is 20.4. The number of nitrogens with one attached hydrogen (secondary N) is 1. The van der Waals surface area contributed by atoms with Crippen LogP contribution in [-0.4, -0.2) is 75.3 Å². The maximum Gasteiger partial charge on any atom is 0.272 e. The van der Waals surface area contributed by atoms with E-state index < -0.39 is 36.3 Å². The van der Waals surface area contributed by atoms with Crippen LogP contribution in [0.2, 0.25) is 10.2 Å². The zero-order valence-electron chi connectivity index (χ0n) is 18.9. The monoisotopic (exact) mass is 544 g/mol. The van der Waals surface area contributed by atoms with Gasteiger partial charge in [0.2, 0.25) is 5.95 Å². The largest absolute Gasteiger partial charge is 0.377 e. The van der Waals surface area contributed by atoms with E-state index in [-0.39, 0.29) is 37.3 Å². The van der Waals surface area contributed by atoms with Gasteiger partial charge in [-0.2, -0.15) is 5.10 Å². The van der Waals surface area contributed by atoms with Crippen molar-refractivity contribution in [2.24, 2.45) is 0 Å². The van der Waals surface area contributed by atoms with Crippen LogP contribution >= 0.6 is 23.2 Å². The van der Waals surface area contributed by atoms with Crippen molar-refractivity contribution in [3.63, 3.8) is 0 Å². The quantitative estimate of drug-likeness (QED) is 0.438. The van der Waals surface area contributed by atoms with Crippen molar-refractivity contribution < 1.29 is 22.3 Å². The Hall–Kier alpha value is -2.21. The molecule has 3 aromatic rings. The fraction of sp³-hybridized carbons (Fsp3) is 0.522. The molecule has 5 atom stereocenters. The van der Waals surface area contributed by atoms with E-state index in [1.807, 2.05) is 4.90 Å². The van der Waals surface area contributed by atoms with E-state index >= 15 is 4.39 Å². The Kier molecular flexibility index (Phi) is 6.01. The molecule has 6 rings (SSSR count). The molecule has 0 bridgehead atoms.